The number of aryl methyl sites for hydroxylation is 1. The van der Waals surface area contributed by atoms with Crippen LogP contribution in [-0.2, 0) is 26.7 Å². The molecule has 9 nitrogen and oxygen atoms in total. The van der Waals surface area contributed by atoms with E-state index in [9.17, 15) is 13.2 Å². The maximum atomic E-state index is 13.9. The SMILES string of the molecule is C=C/C(=C\N(C)C(C)=O)n1ncc2cc(C3(Cc4ccccc4)CCN(S(=O)(=O)c4cnn(C5CCC5)c4)C3)c(C)cc21. The molecule has 10 heteroatoms. The standard InChI is InChI=1S/C33H38N6O3S/c1-5-28(21-36(4)25(3)40)39-32-16-24(2)31(17-27(32)19-35-39)33(18-26-10-7-6-8-11-26)14-15-37(23-33)43(41,42)30-20-34-38(22-30)29-12-9-13-29/h5-8,10-11,16-17,19-22,29H,1,9,12-15,18,23H2,2-4H3/b28-21+. The van der Waals surface area contributed by atoms with E-state index >= 15 is 0 Å². The van der Waals surface area contributed by atoms with E-state index in [1.54, 1.807) is 34.5 Å². The van der Waals surface area contributed by atoms with Crippen molar-refractivity contribution in [2.75, 3.05) is 20.1 Å². The van der Waals surface area contributed by atoms with Gasteiger partial charge in [0.1, 0.15) is 4.90 Å². The van der Waals surface area contributed by atoms with E-state index in [1.807, 2.05) is 29.1 Å². The van der Waals surface area contributed by atoms with Crippen LogP contribution in [0.15, 0.2) is 84.8 Å². The topological polar surface area (TPSA) is 93.3 Å². The number of aromatic nitrogens is 4. The molecule has 0 spiro atoms. The zero-order chi connectivity index (χ0) is 30.4. The van der Waals surface area contributed by atoms with Crippen molar-refractivity contribution >= 4 is 32.5 Å². The summed E-state index contributed by atoms with van der Waals surface area (Å²) in [6.07, 6.45) is 13.1. The van der Waals surface area contributed by atoms with Crippen molar-refractivity contribution in [3.05, 3.63) is 96.6 Å². The van der Waals surface area contributed by atoms with Crippen LogP contribution < -0.4 is 0 Å². The minimum Gasteiger partial charge on any atom is -0.320 e. The Hall–Kier alpha value is -4.02. The summed E-state index contributed by atoms with van der Waals surface area (Å²) < 4.78 is 33.1. The van der Waals surface area contributed by atoms with Gasteiger partial charge in [0.05, 0.1) is 29.6 Å². The Balaban J connectivity index is 1.39. The number of fused-ring (bicyclic) bond motifs is 1. The molecule has 1 atom stereocenters. The van der Waals surface area contributed by atoms with Crippen molar-refractivity contribution in [2.24, 2.45) is 0 Å². The van der Waals surface area contributed by atoms with Crippen LogP contribution in [-0.4, -0.2) is 63.2 Å². The Morgan fingerprint density at radius 3 is 2.60 bits per heavy atom. The van der Waals surface area contributed by atoms with Crippen molar-refractivity contribution in [3.63, 3.8) is 0 Å². The monoisotopic (exact) mass is 598 g/mol. The number of hydrogen-bond acceptors (Lipinski definition) is 5. The van der Waals surface area contributed by atoms with E-state index in [0.29, 0.717) is 37.7 Å². The van der Waals surface area contributed by atoms with Crippen LogP contribution in [0.3, 0.4) is 0 Å². The van der Waals surface area contributed by atoms with Crippen molar-refractivity contribution in [2.45, 2.75) is 62.3 Å². The highest BCUT2D eigenvalue weighted by molar-refractivity contribution is 7.89. The van der Waals surface area contributed by atoms with Crippen LogP contribution in [0.1, 0.15) is 55.3 Å². The minimum absolute atomic E-state index is 0.0896. The summed E-state index contributed by atoms with van der Waals surface area (Å²) in [5, 5.41) is 9.99. The first kappa shape index (κ1) is 29.1. The predicted molar refractivity (Wildman–Crippen MR) is 168 cm³/mol. The summed E-state index contributed by atoms with van der Waals surface area (Å²) in [5.74, 6) is -0.0896. The molecule has 1 amide bonds. The third kappa shape index (κ3) is 5.34. The third-order valence-corrected chi connectivity index (χ3v) is 10.9. The fourth-order valence-corrected chi connectivity index (χ4v) is 7.85. The fraction of sp³-hybridized carbons (Fsp3) is 0.364. The number of carbonyl (C=O) groups is 1. The first-order valence-corrected chi connectivity index (χ1v) is 16.2. The molecule has 0 N–H and O–H groups in total. The van der Waals surface area contributed by atoms with E-state index in [4.69, 9.17) is 0 Å². The average molecular weight is 599 g/mol. The van der Waals surface area contributed by atoms with E-state index in [1.165, 1.54) is 23.6 Å². The van der Waals surface area contributed by atoms with Crippen LogP contribution in [0.2, 0.25) is 0 Å². The van der Waals surface area contributed by atoms with Crippen molar-refractivity contribution in [3.8, 4) is 0 Å². The zero-order valence-electron chi connectivity index (χ0n) is 25.0. The molecule has 224 valence electrons. The van der Waals surface area contributed by atoms with Gasteiger partial charge in [-0.05, 0) is 73.9 Å². The lowest BCUT2D eigenvalue weighted by Crippen LogP contribution is -2.36. The van der Waals surface area contributed by atoms with Gasteiger partial charge in [-0.15, -0.1) is 0 Å². The van der Waals surface area contributed by atoms with Gasteiger partial charge >= 0.3 is 0 Å². The van der Waals surface area contributed by atoms with Gasteiger partial charge in [0.2, 0.25) is 15.9 Å². The molecular weight excluding hydrogens is 560 g/mol. The predicted octanol–water partition coefficient (Wildman–Crippen LogP) is 5.30. The molecule has 2 fully saturated rings. The number of carbonyl (C=O) groups excluding carboxylic acids is 1. The highest BCUT2D eigenvalue weighted by Crippen LogP contribution is 2.43. The smallest absolute Gasteiger partial charge is 0.246 e. The van der Waals surface area contributed by atoms with Gasteiger partial charge in [0.15, 0.2) is 0 Å². The fourth-order valence-electron chi connectivity index (χ4n) is 6.38. The Morgan fingerprint density at radius 1 is 1.16 bits per heavy atom. The van der Waals surface area contributed by atoms with Crippen LogP contribution in [0.25, 0.3) is 16.6 Å². The maximum Gasteiger partial charge on any atom is 0.246 e. The van der Waals surface area contributed by atoms with Crippen LogP contribution >= 0.6 is 0 Å². The third-order valence-electron chi connectivity index (χ3n) is 9.13. The van der Waals surface area contributed by atoms with Crippen LogP contribution in [0.5, 0.6) is 0 Å². The van der Waals surface area contributed by atoms with Gasteiger partial charge in [0, 0.05) is 50.3 Å². The number of benzene rings is 2. The molecule has 6 rings (SSSR count). The number of allylic oxidation sites excluding steroid dienone is 2. The van der Waals surface area contributed by atoms with Gasteiger partial charge in [-0.1, -0.05) is 36.9 Å². The van der Waals surface area contributed by atoms with Gasteiger partial charge < -0.3 is 4.90 Å². The number of nitrogens with zero attached hydrogens (tertiary/aromatic N) is 6. The van der Waals surface area contributed by atoms with Crippen molar-refractivity contribution in [1.82, 2.24) is 28.8 Å². The molecule has 2 aliphatic rings. The lowest BCUT2D eigenvalue weighted by molar-refractivity contribution is -0.125. The van der Waals surface area contributed by atoms with Crippen LogP contribution in [0.4, 0.5) is 0 Å². The van der Waals surface area contributed by atoms with Crippen molar-refractivity contribution < 1.29 is 13.2 Å². The number of sulfonamides is 1. The molecule has 1 aliphatic carbocycles. The Morgan fingerprint density at radius 2 is 1.93 bits per heavy atom. The summed E-state index contributed by atoms with van der Waals surface area (Å²) in [6.45, 7) is 8.33. The number of amides is 1. The Labute approximate surface area is 253 Å². The van der Waals surface area contributed by atoms with Gasteiger partial charge in [-0.25, -0.2) is 13.1 Å². The summed E-state index contributed by atoms with van der Waals surface area (Å²) in [6, 6.07) is 14.9. The number of rotatable bonds is 9. The second kappa shape index (κ2) is 11.2. The molecule has 1 saturated carbocycles. The summed E-state index contributed by atoms with van der Waals surface area (Å²) in [5.41, 5.74) is 4.50. The lowest BCUT2D eigenvalue weighted by atomic mass is 9.73. The second-order valence-corrected chi connectivity index (χ2v) is 13.9. The lowest BCUT2D eigenvalue weighted by Gasteiger charge is -2.32. The molecule has 1 aliphatic heterocycles. The van der Waals surface area contributed by atoms with Gasteiger partial charge in [-0.2, -0.15) is 14.5 Å². The molecule has 2 aromatic carbocycles. The largest absolute Gasteiger partial charge is 0.320 e. The van der Waals surface area contributed by atoms with E-state index in [-0.39, 0.29) is 10.8 Å². The molecule has 1 unspecified atom stereocenters. The van der Waals surface area contributed by atoms with Gasteiger partial charge in [0.25, 0.3) is 0 Å². The maximum absolute atomic E-state index is 13.9. The highest BCUT2D eigenvalue weighted by Gasteiger charge is 2.45. The summed E-state index contributed by atoms with van der Waals surface area (Å²) in [4.78, 5) is 13.6. The van der Waals surface area contributed by atoms with Crippen LogP contribution in [0, 0.1) is 6.92 Å². The Kier molecular flexibility index (Phi) is 7.60. The molecule has 43 heavy (non-hydrogen) atoms. The Bertz CT molecular complexity index is 1820. The molecule has 0 bridgehead atoms. The van der Waals surface area contributed by atoms with E-state index < -0.39 is 15.4 Å². The molecule has 2 aromatic heterocycles. The minimum atomic E-state index is -3.71. The second-order valence-electron chi connectivity index (χ2n) is 11.9. The van der Waals surface area contributed by atoms with Gasteiger partial charge in [-0.3, -0.25) is 9.48 Å². The molecule has 0 radical (unpaired) electrons. The first-order valence-electron chi connectivity index (χ1n) is 14.8. The zero-order valence-corrected chi connectivity index (χ0v) is 25.8. The normalized spacial score (nSPS) is 19.9. The average Bonchev–Trinajstić information content (AvgIpc) is 3.71. The molecule has 3 heterocycles. The number of hydrogen-bond donors (Lipinski definition) is 0. The quantitative estimate of drug-likeness (QED) is 0.244. The van der Waals surface area contributed by atoms with E-state index in [0.717, 1.165) is 41.3 Å². The molecule has 4 aromatic rings. The van der Waals surface area contributed by atoms with Crippen molar-refractivity contribution in [1.29, 1.82) is 0 Å². The first-order chi connectivity index (χ1) is 20.6. The summed E-state index contributed by atoms with van der Waals surface area (Å²) >= 11 is 0. The highest BCUT2D eigenvalue weighted by atomic mass is 32.2. The van der Waals surface area contributed by atoms with E-state index in [2.05, 4.69) is 48.0 Å². The summed E-state index contributed by atoms with van der Waals surface area (Å²) in [7, 11) is -2.01. The molecular formula is C33H38N6O3S. The molecule has 1 saturated heterocycles.